The van der Waals surface area contributed by atoms with Gasteiger partial charge in [0.1, 0.15) is 0 Å². The number of ether oxygens (including phenoxy) is 1. The third-order valence-corrected chi connectivity index (χ3v) is 5.98. The maximum Gasteiger partial charge on any atom is 0.416 e. The predicted octanol–water partition coefficient (Wildman–Crippen LogP) is 2.95. The number of aromatic amines is 1. The quantitative estimate of drug-likeness (QED) is 0.426. The molecule has 0 aliphatic carbocycles. The molecule has 2 N–H and O–H groups in total. The summed E-state index contributed by atoms with van der Waals surface area (Å²) in [4.78, 5) is 37.9. The van der Waals surface area contributed by atoms with E-state index in [-0.39, 0.29) is 11.5 Å². The number of alkyl halides is 3. The van der Waals surface area contributed by atoms with Gasteiger partial charge in [0.05, 0.1) is 22.6 Å². The zero-order valence-electron chi connectivity index (χ0n) is 17.4. The van der Waals surface area contributed by atoms with Crippen molar-refractivity contribution >= 4 is 27.6 Å². The minimum Gasteiger partial charge on any atom is -0.457 e. The maximum absolute atomic E-state index is 12.8. The molecule has 0 spiro atoms. The molecule has 0 bridgehead atoms. The Morgan fingerprint density at radius 1 is 1.16 bits per heavy atom. The number of sulfonamides is 1. The van der Waals surface area contributed by atoms with E-state index in [0.29, 0.717) is 22.9 Å². The van der Waals surface area contributed by atoms with Crippen molar-refractivity contribution in [2.45, 2.75) is 38.3 Å². The van der Waals surface area contributed by atoms with Crippen LogP contribution in [0.15, 0.2) is 29.2 Å². The van der Waals surface area contributed by atoms with Gasteiger partial charge in [0, 0.05) is 17.8 Å². The number of aryl methyl sites for hydroxylation is 1. The molecule has 1 heterocycles. The van der Waals surface area contributed by atoms with Crippen LogP contribution in [0.1, 0.15) is 51.0 Å². The molecule has 2 aromatic rings. The van der Waals surface area contributed by atoms with Crippen LogP contribution < -0.4 is 4.72 Å². The summed E-state index contributed by atoms with van der Waals surface area (Å²) in [7, 11) is -4.29. The van der Waals surface area contributed by atoms with E-state index in [1.165, 1.54) is 6.92 Å². The van der Waals surface area contributed by atoms with Crippen LogP contribution in [0.25, 0.3) is 0 Å². The molecule has 0 fully saturated rings. The highest BCUT2D eigenvalue weighted by molar-refractivity contribution is 7.89. The molecule has 1 aromatic carbocycles. The molecule has 174 valence electrons. The predicted molar refractivity (Wildman–Crippen MR) is 107 cm³/mol. The summed E-state index contributed by atoms with van der Waals surface area (Å²) in [5, 5.41) is 0. The molecule has 0 atom stereocenters. The van der Waals surface area contributed by atoms with Crippen LogP contribution >= 0.6 is 0 Å². The molecule has 0 radical (unpaired) electrons. The van der Waals surface area contributed by atoms with E-state index in [2.05, 4.69) is 4.98 Å². The number of Topliss-reactive ketones (excluding diaryl/α,β-unsaturated/α-hetero) is 2. The number of hydrogen-bond donors (Lipinski definition) is 2. The molecule has 0 aliphatic rings. The summed E-state index contributed by atoms with van der Waals surface area (Å²) >= 11 is 0. The molecule has 8 nitrogen and oxygen atoms in total. The smallest absolute Gasteiger partial charge is 0.416 e. The summed E-state index contributed by atoms with van der Waals surface area (Å²) in [5.74, 6) is -1.69. The van der Waals surface area contributed by atoms with Gasteiger partial charge in [-0.1, -0.05) is 6.07 Å². The first-order chi connectivity index (χ1) is 14.7. The summed E-state index contributed by atoms with van der Waals surface area (Å²) in [5.41, 5.74) is 0.328. The number of nitrogens with one attached hydrogen (secondary N) is 2. The van der Waals surface area contributed by atoms with Crippen LogP contribution in [0.3, 0.4) is 0 Å². The molecule has 2 rings (SSSR count). The molecule has 0 unspecified atom stereocenters. The standard InChI is InChI=1S/C20H21F3N2O6S/c1-11-18(13(3)26)12(2)25-19(11)16(27)10-31-17(28)7-8-24-32(29,30)15-6-4-5-14(9-15)20(21,22)23/h4-6,9,24-25H,7-8,10H2,1-3H3. The van der Waals surface area contributed by atoms with Crippen molar-refractivity contribution in [2.75, 3.05) is 13.2 Å². The van der Waals surface area contributed by atoms with Crippen molar-refractivity contribution in [2.24, 2.45) is 0 Å². The molecule has 32 heavy (non-hydrogen) atoms. The highest BCUT2D eigenvalue weighted by Gasteiger charge is 2.31. The van der Waals surface area contributed by atoms with Gasteiger partial charge in [0.2, 0.25) is 15.8 Å². The summed E-state index contributed by atoms with van der Waals surface area (Å²) in [6.07, 6.45) is -5.16. The summed E-state index contributed by atoms with van der Waals surface area (Å²) in [6, 6.07) is 3.17. The second kappa shape index (κ2) is 9.65. The van der Waals surface area contributed by atoms with Crippen molar-refractivity contribution in [3.63, 3.8) is 0 Å². The van der Waals surface area contributed by atoms with Crippen LogP contribution in [0.5, 0.6) is 0 Å². The fourth-order valence-corrected chi connectivity index (χ4v) is 4.13. The van der Waals surface area contributed by atoms with Crippen molar-refractivity contribution < 1.29 is 40.7 Å². The van der Waals surface area contributed by atoms with Crippen LogP contribution in [0.4, 0.5) is 13.2 Å². The number of hydrogen-bond acceptors (Lipinski definition) is 6. The highest BCUT2D eigenvalue weighted by Crippen LogP contribution is 2.30. The number of aromatic nitrogens is 1. The Kier molecular flexibility index (Phi) is 7.62. The normalized spacial score (nSPS) is 11.9. The van der Waals surface area contributed by atoms with E-state index < -0.39 is 58.0 Å². The first-order valence-electron chi connectivity index (χ1n) is 9.30. The SMILES string of the molecule is CC(=O)c1c(C)[nH]c(C(=O)COC(=O)CCNS(=O)(=O)c2cccc(C(F)(F)F)c2)c1C. The third kappa shape index (κ3) is 6.04. The van der Waals surface area contributed by atoms with Gasteiger partial charge in [-0.25, -0.2) is 13.1 Å². The number of carbonyl (C=O) groups is 3. The average Bonchev–Trinajstić information content (AvgIpc) is 2.99. The molecule has 12 heteroatoms. The molecular formula is C20H21F3N2O6S. The van der Waals surface area contributed by atoms with E-state index in [1.807, 2.05) is 4.72 Å². The number of ketones is 2. The van der Waals surface area contributed by atoms with Crippen molar-refractivity contribution in [1.82, 2.24) is 9.71 Å². The first-order valence-corrected chi connectivity index (χ1v) is 10.8. The highest BCUT2D eigenvalue weighted by atomic mass is 32.2. The summed E-state index contributed by atoms with van der Waals surface area (Å²) in [6.45, 7) is 3.50. The topological polar surface area (TPSA) is 122 Å². The van der Waals surface area contributed by atoms with Gasteiger partial charge >= 0.3 is 12.1 Å². The third-order valence-electron chi connectivity index (χ3n) is 4.53. The molecule has 0 saturated carbocycles. The van der Waals surface area contributed by atoms with Crippen LogP contribution in [0, 0.1) is 13.8 Å². The van der Waals surface area contributed by atoms with Gasteiger partial charge in [0.15, 0.2) is 12.4 Å². The number of carbonyl (C=O) groups excluding carboxylic acids is 3. The molecule has 1 aromatic heterocycles. The van der Waals surface area contributed by atoms with Gasteiger partial charge in [-0.2, -0.15) is 13.2 Å². The lowest BCUT2D eigenvalue weighted by molar-refractivity contribution is -0.142. The fourth-order valence-electron chi connectivity index (χ4n) is 3.06. The minimum absolute atomic E-state index is 0.130. The minimum atomic E-state index is -4.71. The molecule has 0 aliphatic heterocycles. The van der Waals surface area contributed by atoms with E-state index in [4.69, 9.17) is 4.74 Å². The molecular weight excluding hydrogens is 453 g/mol. The van der Waals surface area contributed by atoms with Crippen molar-refractivity contribution in [3.8, 4) is 0 Å². The molecule has 0 saturated heterocycles. The van der Waals surface area contributed by atoms with Gasteiger partial charge in [-0.05, 0) is 44.5 Å². The average molecular weight is 474 g/mol. The fraction of sp³-hybridized carbons (Fsp3) is 0.350. The lowest BCUT2D eigenvalue weighted by atomic mass is 10.1. The summed E-state index contributed by atoms with van der Waals surface area (Å²) < 4.78 is 69.4. The van der Waals surface area contributed by atoms with Gasteiger partial charge in [-0.3, -0.25) is 14.4 Å². The Hall–Kier alpha value is -2.99. The van der Waals surface area contributed by atoms with Crippen LogP contribution in [-0.2, 0) is 25.7 Å². The number of halogens is 3. The Morgan fingerprint density at radius 2 is 1.81 bits per heavy atom. The maximum atomic E-state index is 12.8. The lowest BCUT2D eigenvalue weighted by Gasteiger charge is -2.10. The number of esters is 1. The lowest BCUT2D eigenvalue weighted by Crippen LogP contribution is -2.27. The number of benzene rings is 1. The second-order valence-electron chi connectivity index (χ2n) is 6.94. The molecule has 0 amide bonds. The Bertz CT molecular complexity index is 1150. The zero-order valence-corrected chi connectivity index (χ0v) is 18.2. The first kappa shape index (κ1) is 25.3. The van der Waals surface area contributed by atoms with Crippen LogP contribution in [0.2, 0.25) is 0 Å². The monoisotopic (exact) mass is 474 g/mol. The number of rotatable bonds is 9. The second-order valence-corrected chi connectivity index (χ2v) is 8.71. The van der Waals surface area contributed by atoms with E-state index >= 15 is 0 Å². The van der Waals surface area contributed by atoms with E-state index in [1.54, 1.807) is 13.8 Å². The van der Waals surface area contributed by atoms with E-state index in [9.17, 15) is 36.0 Å². The Labute approximate surface area is 182 Å². The zero-order chi connectivity index (χ0) is 24.3. The van der Waals surface area contributed by atoms with E-state index in [0.717, 1.165) is 18.2 Å². The Balaban J connectivity index is 1.91. The van der Waals surface area contributed by atoms with Gasteiger partial charge in [0.25, 0.3) is 0 Å². The number of H-pyrrole nitrogens is 1. The van der Waals surface area contributed by atoms with Crippen LogP contribution in [-0.4, -0.2) is 44.1 Å². The van der Waals surface area contributed by atoms with Gasteiger partial charge < -0.3 is 9.72 Å². The Morgan fingerprint density at radius 3 is 2.38 bits per heavy atom. The van der Waals surface area contributed by atoms with Gasteiger partial charge in [-0.15, -0.1) is 0 Å². The largest absolute Gasteiger partial charge is 0.457 e. The van der Waals surface area contributed by atoms with Crippen molar-refractivity contribution in [3.05, 3.63) is 52.3 Å². The van der Waals surface area contributed by atoms with Crippen molar-refractivity contribution in [1.29, 1.82) is 0 Å².